The van der Waals surface area contributed by atoms with Gasteiger partial charge in [0.15, 0.2) is 18.1 Å². The highest BCUT2D eigenvalue weighted by Gasteiger charge is 2.29. The third kappa shape index (κ3) is 7.18. The number of benzene rings is 2. The van der Waals surface area contributed by atoms with Gasteiger partial charge in [-0.2, -0.15) is 0 Å². The van der Waals surface area contributed by atoms with Gasteiger partial charge in [-0.3, -0.25) is 9.59 Å². The van der Waals surface area contributed by atoms with E-state index in [1.165, 1.54) is 0 Å². The molecule has 0 aliphatic rings. The molecule has 2 amide bonds. The summed E-state index contributed by atoms with van der Waals surface area (Å²) in [5.41, 5.74) is 0.866. The van der Waals surface area contributed by atoms with Crippen LogP contribution in [-0.4, -0.2) is 50.1 Å². The van der Waals surface area contributed by atoms with Gasteiger partial charge in [-0.25, -0.2) is 0 Å². The molecule has 174 valence electrons. The third-order valence-electron chi connectivity index (χ3n) is 4.98. The van der Waals surface area contributed by atoms with E-state index in [-0.39, 0.29) is 25.0 Å². The Morgan fingerprint density at radius 2 is 1.72 bits per heavy atom. The summed E-state index contributed by atoms with van der Waals surface area (Å²) in [5, 5.41) is 2.95. The van der Waals surface area contributed by atoms with Crippen LogP contribution in [0.5, 0.6) is 17.2 Å². The van der Waals surface area contributed by atoms with Crippen molar-refractivity contribution >= 4 is 11.8 Å². The number of nitrogens with one attached hydrogen (secondary N) is 1. The zero-order chi connectivity index (χ0) is 23.5. The minimum Gasteiger partial charge on any atom is -0.497 e. The number of ether oxygens (including phenoxy) is 3. The van der Waals surface area contributed by atoms with E-state index in [4.69, 9.17) is 14.2 Å². The summed E-state index contributed by atoms with van der Waals surface area (Å²) in [4.78, 5) is 27.8. The smallest absolute Gasteiger partial charge is 0.261 e. The molecule has 0 radical (unpaired) electrons. The molecule has 2 rings (SSSR count). The zero-order valence-corrected chi connectivity index (χ0v) is 19.6. The lowest BCUT2D eigenvalue weighted by molar-refractivity contribution is -0.143. The number of rotatable bonds is 12. The SMILES string of the molecule is CCC(C(=O)NCC(C)C)N(Cc1cccc(OC)c1)C(=O)COc1ccccc1OC. The highest BCUT2D eigenvalue weighted by molar-refractivity contribution is 5.88. The second-order valence-electron chi connectivity index (χ2n) is 7.88. The average molecular weight is 443 g/mol. The van der Waals surface area contributed by atoms with Crippen LogP contribution in [0, 0.1) is 5.92 Å². The molecule has 0 saturated heterocycles. The van der Waals surface area contributed by atoms with Crippen molar-refractivity contribution in [2.24, 2.45) is 5.92 Å². The van der Waals surface area contributed by atoms with Gasteiger partial charge in [0.25, 0.3) is 5.91 Å². The third-order valence-corrected chi connectivity index (χ3v) is 4.98. The van der Waals surface area contributed by atoms with E-state index in [1.54, 1.807) is 31.3 Å². The van der Waals surface area contributed by atoms with Crippen molar-refractivity contribution in [3.63, 3.8) is 0 Å². The first kappa shape index (κ1) is 25.0. The molecule has 0 bridgehead atoms. The number of methoxy groups -OCH3 is 2. The number of carbonyl (C=O) groups excluding carboxylic acids is 2. The molecule has 0 spiro atoms. The van der Waals surface area contributed by atoms with Gasteiger partial charge in [-0.05, 0) is 42.2 Å². The van der Waals surface area contributed by atoms with Crippen LogP contribution in [0.15, 0.2) is 48.5 Å². The van der Waals surface area contributed by atoms with Crippen LogP contribution in [0.2, 0.25) is 0 Å². The first-order chi connectivity index (χ1) is 15.4. The van der Waals surface area contributed by atoms with Gasteiger partial charge in [-0.15, -0.1) is 0 Å². The quantitative estimate of drug-likeness (QED) is 0.543. The Morgan fingerprint density at radius 1 is 1.00 bits per heavy atom. The van der Waals surface area contributed by atoms with E-state index in [0.29, 0.717) is 36.1 Å². The fraction of sp³-hybridized carbons (Fsp3) is 0.440. The first-order valence-electron chi connectivity index (χ1n) is 10.9. The van der Waals surface area contributed by atoms with E-state index < -0.39 is 6.04 Å². The molecule has 2 aromatic rings. The summed E-state index contributed by atoms with van der Waals surface area (Å²) in [6.07, 6.45) is 0.480. The average Bonchev–Trinajstić information content (AvgIpc) is 2.81. The van der Waals surface area contributed by atoms with E-state index in [9.17, 15) is 9.59 Å². The number of para-hydroxylation sites is 2. The van der Waals surface area contributed by atoms with E-state index in [2.05, 4.69) is 5.32 Å². The number of carbonyl (C=O) groups is 2. The molecular weight excluding hydrogens is 408 g/mol. The Kier molecular flexibility index (Phi) is 9.85. The van der Waals surface area contributed by atoms with Crippen LogP contribution >= 0.6 is 0 Å². The van der Waals surface area contributed by atoms with Gasteiger partial charge >= 0.3 is 0 Å². The van der Waals surface area contributed by atoms with Crippen LogP contribution in [0.4, 0.5) is 0 Å². The molecule has 2 aromatic carbocycles. The molecule has 0 aromatic heterocycles. The van der Waals surface area contributed by atoms with Gasteiger partial charge in [-0.1, -0.05) is 45.0 Å². The Hall–Kier alpha value is -3.22. The maximum Gasteiger partial charge on any atom is 0.261 e. The molecule has 0 saturated carbocycles. The molecule has 0 aliphatic heterocycles. The fourth-order valence-electron chi connectivity index (χ4n) is 3.27. The predicted octanol–water partition coefficient (Wildman–Crippen LogP) is 3.66. The van der Waals surface area contributed by atoms with E-state index in [1.807, 2.05) is 57.2 Å². The molecule has 0 aliphatic carbocycles. The number of nitrogens with zero attached hydrogens (tertiary/aromatic N) is 1. The molecule has 1 unspecified atom stereocenters. The maximum absolute atomic E-state index is 13.3. The number of amides is 2. The zero-order valence-electron chi connectivity index (χ0n) is 19.6. The minimum absolute atomic E-state index is 0.172. The Morgan fingerprint density at radius 3 is 2.34 bits per heavy atom. The molecular formula is C25H34N2O5. The van der Waals surface area contributed by atoms with Gasteiger partial charge in [0.2, 0.25) is 5.91 Å². The summed E-state index contributed by atoms with van der Waals surface area (Å²) in [6, 6.07) is 14.0. The second kappa shape index (κ2) is 12.6. The van der Waals surface area contributed by atoms with E-state index >= 15 is 0 Å². The molecule has 32 heavy (non-hydrogen) atoms. The molecule has 0 heterocycles. The first-order valence-corrected chi connectivity index (χ1v) is 10.9. The highest BCUT2D eigenvalue weighted by Crippen LogP contribution is 2.26. The normalized spacial score (nSPS) is 11.6. The van der Waals surface area contributed by atoms with Crippen molar-refractivity contribution < 1.29 is 23.8 Å². The summed E-state index contributed by atoms with van der Waals surface area (Å²) >= 11 is 0. The van der Waals surface area contributed by atoms with Crippen molar-refractivity contribution in [2.75, 3.05) is 27.4 Å². The Bertz CT molecular complexity index is 884. The van der Waals surface area contributed by atoms with Crippen molar-refractivity contribution in [3.05, 3.63) is 54.1 Å². The lowest BCUT2D eigenvalue weighted by atomic mass is 10.1. The van der Waals surface area contributed by atoms with Crippen LogP contribution in [0.3, 0.4) is 0 Å². The Labute approximate surface area is 190 Å². The predicted molar refractivity (Wildman–Crippen MR) is 124 cm³/mol. The molecule has 1 atom stereocenters. The fourth-order valence-corrected chi connectivity index (χ4v) is 3.27. The topological polar surface area (TPSA) is 77.1 Å². The highest BCUT2D eigenvalue weighted by atomic mass is 16.5. The molecule has 0 fully saturated rings. The maximum atomic E-state index is 13.3. The molecule has 1 N–H and O–H groups in total. The number of hydrogen-bond acceptors (Lipinski definition) is 5. The summed E-state index contributed by atoms with van der Waals surface area (Å²) in [7, 11) is 3.14. The van der Waals surface area contributed by atoms with Gasteiger partial charge < -0.3 is 24.4 Å². The van der Waals surface area contributed by atoms with Crippen molar-refractivity contribution in [2.45, 2.75) is 39.8 Å². The van der Waals surface area contributed by atoms with Crippen LogP contribution in [0.25, 0.3) is 0 Å². The monoisotopic (exact) mass is 442 g/mol. The van der Waals surface area contributed by atoms with Gasteiger partial charge in [0.05, 0.1) is 14.2 Å². The summed E-state index contributed by atoms with van der Waals surface area (Å²) < 4.78 is 16.4. The van der Waals surface area contributed by atoms with Crippen LogP contribution in [0.1, 0.15) is 32.8 Å². The van der Waals surface area contributed by atoms with Gasteiger partial charge in [0, 0.05) is 13.1 Å². The van der Waals surface area contributed by atoms with Crippen molar-refractivity contribution in [3.8, 4) is 17.2 Å². The van der Waals surface area contributed by atoms with E-state index in [0.717, 1.165) is 5.56 Å². The lowest BCUT2D eigenvalue weighted by Crippen LogP contribution is -2.50. The Balaban J connectivity index is 2.24. The van der Waals surface area contributed by atoms with Crippen molar-refractivity contribution in [1.82, 2.24) is 10.2 Å². The summed E-state index contributed by atoms with van der Waals surface area (Å²) in [6.45, 7) is 6.56. The number of hydrogen-bond donors (Lipinski definition) is 1. The molecule has 7 nitrogen and oxygen atoms in total. The van der Waals surface area contributed by atoms with Crippen LogP contribution in [-0.2, 0) is 16.1 Å². The summed E-state index contributed by atoms with van der Waals surface area (Å²) in [5.74, 6) is 1.56. The van der Waals surface area contributed by atoms with Crippen LogP contribution < -0.4 is 19.5 Å². The molecule has 7 heteroatoms. The lowest BCUT2D eigenvalue weighted by Gasteiger charge is -2.31. The second-order valence-corrected chi connectivity index (χ2v) is 7.88. The van der Waals surface area contributed by atoms with Gasteiger partial charge in [0.1, 0.15) is 11.8 Å². The standard InChI is InChI=1S/C25H34N2O5/c1-6-21(25(29)26-15-18(2)3)27(16-19-10-9-11-20(14-19)30-4)24(28)17-32-23-13-8-7-12-22(23)31-5/h7-14,18,21H,6,15-17H2,1-5H3,(H,26,29). The largest absolute Gasteiger partial charge is 0.497 e. The minimum atomic E-state index is -0.617. The van der Waals surface area contributed by atoms with Crippen molar-refractivity contribution in [1.29, 1.82) is 0 Å².